The lowest BCUT2D eigenvalue weighted by Crippen LogP contribution is -2.40. The molecule has 0 spiro atoms. The van der Waals surface area contributed by atoms with Crippen LogP contribution in [-0.4, -0.2) is 38.8 Å². The van der Waals surface area contributed by atoms with Crippen molar-refractivity contribution in [3.05, 3.63) is 59.9 Å². The number of carbonyl (C=O) groups excluding carboxylic acids is 1. The Morgan fingerprint density at radius 3 is 2.73 bits per heavy atom. The molecule has 1 aliphatic heterocycles. The zero-order chi connectivity index (χ0) is 21.6. The van der Waals surface area contributed by atoms with Crippen LogP contribution in [0.25, 0.3) is 0 Å². The normalized spacial score (nSPS) is 17.5. The van der Waals surface area contributed by atoms with Gasteiger partial charge in [0.1, 0.15) is 11.6 Å². The largest absolute Gasteiger partial charge is 0.497 e. The van der Waals surface area contributed by atoms with Crippen LogP contribution >= 0.6 is 0 Å². The molecule has 0 aromatic heterocycles. The number of hydrogen-bond acceptors (Lipinski definition) is 4. The minimum Gasteiger partial charge on any atom is -0.497 e. The van der Waals surface area contributed by atoms with Crippen LogP contribution < -0.4 is 10.1 Å². The van der Waals surface area contributed by atoms with E-state index in [1.165, 1.54) is 16.4 Å². The van der Waals surface area contributed by atoms with E-state index >= 15 is 0 Å². The van der Waals surface area contributed by atoms with Crippen molar-refractivity contribution < 1.29 is 22.3 Å². The summed E-state index contributed by atoms with van der Waals surface area (Å²) in [5.41, 5.74) is 0.955. The van der Waals surface area contributed by atoms with Crippen molar-refractivity contribution in [2.75, 3.05) is 20.2 Å². The Bertz CT molecular complexity index is 963. The van der Waals surface area contributed by atoms with Gasteiger partial charge in [-0.1, -0.05) is 12.1 Å². The zero-order valence-electron chi connectivity index (χ0n) is 17.0. The predicted octanol–water partition coefficient (Wildman–Crippen LogP) is 3.33. The Hall–Kier alpha value is -2.45. The molecule has 6 nitrogen and oxygen atoms in total. The average molecular weight is 435 g/mol. The highest BCUT2D eigenvalue weighted by molar-refractivity contribution is 7.89. The van der Waals surface area contributed by atoms with Crippen LogP contribution in [0.5, 0.6) is 5.75 Å². The molecular formula is C22H27FN2O4S. The standard InChI is InChI=1S/C22H27FN2O4S/c1-29-20-6-2-4-18(14-20)15-24-22(26)12-7-17-5-3-13-25(16-17)30(27,28)21-10-8-19(23)9-11-21/h2,4,6,8-11,14,17H,3,5,7,12-13,15-16H2,1H3,(H,24,26)/t17-/m0/s1. The number of nitrogens with one attached hydrogen (secondary N) is 1. The van der Waals surface area contributed by atoms with Gasteiger partial charge in [0, 0.05) is 26.1 Å². The summed E-state index contributed by atoms with van der Waals surface area (Å²) in [6, 6.07) is 12.4. The van der Waals surface area contributed by atoms with Crippen LogP contribution in [-0.2, 0) is 21.4 Å². The van der Waals surface area contributed by atoms with E-state index in [1.54, 1.807) is 7.11 Å². The SMILES string of the molecule is COc1cccc(CNC(=O)CC[C@@H]2CCCN(S(=O)(=O)c3ccc(F)cc3)C2)c1. The Morgan fingerprint density at radius 1 is 1.23 bits per heavy atom. The first-order valence-electron chi connectivity index (χ1n) is 10.0. The average Bonchev–Trinajstić information content (AvgIpc) is 2.77. The topological polar surface area (TPSA) is 75.7 Å². The number of hydrogen-bond donors (Lipinski definition) is 1. The van der Waals surface area contributed by atoms with E-state index in [1.807, 2.05) is 24.3 Å². The number of ether oxygens (including phenoxy) is 1. The summed E-state index contributed by atoms with van der Waals surface area (Å²) in [6.45, 7) is 1.24. The molecule has 1 N–H and O–H groups in total. The van der Waals surface area contributed by atoms with Gasteiger partial charge in [0.15, 0.2) is 0 Å². The Morgan fingerprint density at radius 2 is 2.00 bits per heavy atom. The van der Waals surface area contributed by atoms with Crippen LogP contribution in [0.1, 0.15) is 31.2 Å². The van der Waals surface area contributed by atoms with E-state index in [0.29, 0.717) is 32.5 Å². The Balaban J connectivity index is 1.49. The quantitative estimate of drug-likeness (QED) is 0.692. The number of sulfonamides is 1. The third-order valence-electron chi connectivity index (χ3n) is 5.34. The summed E-state index contributed by atoms with van der Waals surface area (Å²) in [7, 11) is -2.05. The number of piperidine rings is 1. The number of rotatable bonds is 8. The van der Waals surface area contributed by atoms with Gasteiger partial charge in [0.25, 0.3) is 0 Å². The molecule has 1 atom stereocenters. The van der Waals surface area contributed by atoms with Crippen LogP contribution in [0.4, 0.5) is 4.39 Å². The van der Waals surface area contributed by atoms with Crippen molar-refractivity contribution in [2.45, 2.75) is 37.1 Å². The second kappa shape index (κ2) is 10.0. The number of benzene rings is 2. The fraction of sp³-hybridized carbons (Fsp3) is 0.409. The van der Waals surface area contributed by atoms with Crippen LogP contribution in [0.15, 0.2) is 53.4 Å². The smallest absolute Gasteiger partial charge is 0.243 e. The van der Waals surface area contributed by atoms with Gasteiger partial charge in [0.2, 0.25) is 15.9 Å². The van der Waals surface area contributed by atoms with E-state index in [9.17, 15) is 17.6 Å². The number of amides is 1. The van der Waals surface area contributed by atoms with E-state index in [4.69, 9.17) is 4.74 Å². The van der Waals surface area contributed by atoms with Gasteiger partial charge in [-0.25, -0.2) is 12.8 Å². The maximum absolute atomic E-state index is 13.1. The van der Waals surface area contributed by atoms with E-state index < -0.39 is 15.8 Å². The lowest BCUT2D eigenvalue weighted by atomic mass is 9.94. The molecule has 0 bridgehead atoms. The number of halogens is 1. The summed E-state index contributed by atoms with van der Waals surface area (Å²) in [6.07, 6.45) is 2.60. The first kappa shape index (κ1) is 22.2. The van der Waals surface area contributed by atoms with E-state index in [2.05, 4.69) is 5.32 Å². The van der Waals surface area contributed by atoms with Crippen molar-refractivity contribution >= 4 is 15.9 Å². The van der Waals surface area contributed by atoms with Crippen LogP contribution in [0.2, 0.25) is 0 Å². The molecule has 2 aromatic rings. The molecule has 0 radical (unpaired) electrons. The zero-order valence-corrected chi connectivity index (χ0v) is 17.8. The highest BCUT2D eigenvalue weighted by atomic mass is 32.2. The lowest BCUT2D eigenvalue weighted by molar-refractivity contribution is -0.121. The summed E-state index contributed by atoms with van der Waals surface area (Å²) in [5.74, 6) is 0.338. The van der Waals surface area contributed by atoms with Gasteiger partial charge < -0.3 is 10.1 Å². The highest BCUT2D eigenvalue weighted by Gasteiger charge is 2.30. The molecule has 1 heterocycles. The molecule has 30 heavy (non-hydrogen) atoms. The molecule has 162 valence electrons. The van der Waals surface area contributed by atoms with Crippen LogP contribution in [0, 0.1) is 11.7 Å². The Labute approximate surface area is 177 Å². The first-order valence-corrected chi connectivity index (χ1v) is 11.5. The van der Waals surface area contributed by atoms with Gasteiger partial charge >= 0.3 is 0 Å². The molecule has 0 saturated carbocycles. The summed E-state index contributed by atoms with van der Waals surface area (Å²) in [5, 5.41) is 2.90. The van der Waals surface area contributed by atoms with Gasteiger partial charge in [-0.15, -0.1) is 0 Å². The number of methoxy groups -OCH3 is 1. The first-order chi connectivity index (χ1) is 14.4. The molecule has 0 aliphatic carbocycles. The van der Waals surface area contributed by atoms with Crippen molar-refractivity contribution in [1.29, 1.82) is 0 Å². The third kappa shape index (κ3) is 5.79. The monoisotopic (exact) mass is 434 g/mol. The lowest BCUT2D eigenvalue weighted by Gasteiger charge is -2.32. The maximum atomic E-state index is 13.1. The summed E-state index contributed by atoms with van der Waals surface area (Å²) < 4.78 is 45.4. The fourth-order valence-electron chi connectivity index (χ4n) is 3.64. The van der Waals surface area contributed by atoms with Crippen molar-refractivity contribution in [1.82, 2.24) is 9.62 Å². The van der Waals surface area contributed by atoms with E-state index in [-0.39, 0.29) is 16.7 Å². The molecular weight excluding hydrogens is 407 g/mol. The van der Waals surface area contributed by atoms with Gasteiger partial charge in [-0.05, 0) is 67.1 Å². The minimum absolute atomic E-state index is 0.0589. The summed E-state index contributed by atoms with van der Waals surface area (Å²) >= 11 is 0. The predicted molar refractivity (Wildman–Crippen MR) is 112 cm³/mol. The molecule has 1 aliphatic rings. The summed E-state index contributed by atoms with van der Waals surface area (Å²) in [4.78, 5) is 12.3. The van der Waals surface area contributed by atoms with Crippen LogP contribution in [0.3, 0.4) is 0 Å². The molecule has 0 unspecified atom stereocenters. The molecule has 3 rings (SSSR count). The van der Waals surface area contributed by atoms with Gasteiger partial charge in [0.05, 0.1) is 12.0 Å². The van der Waals surface area contributed by atoms with E-state index in [0.717, 1.165) is 36.3 Å². The maximum Gasteiger partial charge on any atom is 0.243 e. The van der Waals surface area contributed by atoms with Gasteiger partial charge in [-0.3, -0.25) is 4.79 Å². The number of carbonyl (C=O) groups is 1. The highest BCUT2D eigenvalue weighted by Crippen LogP contribution is 2.26. The van der Waals surface area contributed by atoms with Crippen molar-refractivity contribution in [2.24, 2.45) is 5.92 Å². The molecule has 1 fully saturated rings. The van der Waals surface area contributed by atoms with Crippen molar-refractivity contribution in [3.8, 4) is 5.75 Å². The molecule has 2 aromatic carbocycles. The third-order valence-corrected chi connectivity index (χ3v) is 7.22. The molecule has 8 heteroatoms. The fourth-order valence-corrected chi connectivity index (χ4v) is 5.20. The molecule has 1 amide bonds. The second-order valence-electron chi connectivity index (χ2n) is 7.49. The van der Waals surface area contributed by atoms with Gasteiger partial charge in [-0.2, -0.15) is 4.31 Å². The van der Waals surface area contributed by atoms with Crippen molar-refractivity contribution in [3.63, 3.8) is 0 Å². The second-order valence-corrected chi connectivity index (χ2v) is 9.43. The number of nitrogens with zero attached hydrogens (tertiary/aromatic N) is 1. The Kier molecular flexibility index (Phi) is 7.44. The minimum atomic E-state index is -3.65. The molecule has 1 saturated heterocycles.